The number of rotatable bonds is 6. The molecular weight excluding hydrogens is 308 g/mol. The Bertz CT molecular complexity index is 630. The van der Waals surface area contributed by atoms with Crippen LogP contribution in [0.25, 0.3) is 0 Å². The minimum Gasteiger partial charge on any atom is -0.481 e. The zero-order valence-electron chi connectivity index (χ0n) is 10.5. The Kier molecular flexibility index (Phi) is 5.34. The number of benzene rings is 1. The molecule has 0 unspecified atom stereocenters. The van der Waals surface area contributed by atoms with Crippen molar-refractivity contribution in [3.8, 4) is 0 Å². The fourth-order valence-electron chi connectivity index (χ4n) is 1.32. The van der Waals surface area contributed by atoms with Crippen LogP contribution in [0.1, 0.15) is 12.8 Å². The second-order valence-corrected chi connectivity index (χ2v) is 6.17. The van der Waals surface area contributed by atoms with Crippen molar-refractivity contribution in [1.82, 2.24) is 0 Å². The molecule has 1 aromatic rings. The molecule has 0 bridgehead atoms. The molecule has 1 rings (SSSR count). The van der Waals surface area contributed by atoms with Gasteiger partial charge in [-0.15, -0.1) is 0 Å². The van der Waals surface area contributed by atoms with Crippen molar-refractivity contribution in [3.05, 3.63) is 23.2 Å². The summed E-state index contributed by atoms with van der Waals surface area (Å²) in [5.74, 6) is -1.53. The van der Waals surface area contributed by atoms with E-state index in [0.29, 0.717) is 5.69 Å². The molecule has 0 heterocycles. The van der Waals surface area contributed by atoms with Crippen LogP contribution in [0.5, 0.6) is 0 Å². The van der Waals surface area contributed by atoms with Gasteiger partial charge in [-0.25, -0.2) is 8.42 Å². The third-order valence-corrected chi connectivity index (χ3v) is 3.02. The summed E-state index contributed by atoms with van der Waals surface area (Å²) in [6.45, 7) is 0. The van der Waals surface area contributed by atoms with E-state index in [2.05, 4.69) is 10.0 Å². The average Bonchev–Trinajstić information content (AvgIpc) is 2.28. The maximum atomic E-state index is 11.4. The quantitative estimate of drug-likeness (QED) is 0.735. The average molecular weight is 321 g/mol. The molecule has 0 atom stereocenters. The number of sulfonamides is 1. The van der Waals surface area contributed by atoms with E-state index < -0.39 is 21.9 Å². The Labute approximate surface area is 121 Å². The molecule has 0 spiro atoms. The van der Waals surface area contributed by atoms with Crippen LogP contribution in [-0.2, 0) is 19.6 Å². The number of nitrogens with one attached hydrogen (secondary N) is 2. The number of halogens is 1. The van der Waals surface area contributed by atoms with Gasteiger partial charge in [-0.2, -0.15) is 0 Å². The predicted molar refractivity (Wildman–Crippen MR) is 75.4 cm³/mol. The molecule has 1 amide bonds. The molecule has 20 heavy (non-hydrogen) atoms. The maximum absolute atomic E-state index is 11.4. The molecule has 0 aliphatic heterocycles. The molecule has 7 nitrogen and oxygen atoms in total. The highest BCUT2D eigenvalue weighted by molar-refractivity contribution is 7.92. The lowest BCUT2D eigenvalue weighted by atomic mass is 10.2. The van der Waals surface area contributed by atoms with E-state index in [-0.39, 0.29) is 23.6 Å². The van der Waals surface area contributed by atoms with E-state index in [0.717, 1.165) is 6.26 Å². The number of carboxylic acids is 1. The zero-order chi connectivity index (χ0) is 15.3. The van der Waals surface area contributed by atoms with Crippen molar-refractivity contribution in [2.24, 2.45) is 0 Å². The van der Waals surface area contributed by atoms with Crippen LogP contribution >= 0.6 is 11.6 Å². The lowest BCUT2D eigenvalue weighted by Crippen LogP contribution is -2.13. The first-order chi connectivity index (χ1) is 9.17. The van der Waals surface area contributed by atoms with Gasteiger partial charge < -0.3 is 10.4 Å². The second kappa shape index (κ2) is 6.58. The van der Waals surface area contributed by atoms with Crippen molar-refractivity contribution in [2.75, 3.05) is 16.3 Å². The summed E-state index contributed by atoms with van der Waals surface area (Å²) < 4.78 is 24.4. The minimum absolute atomic E-state index is 0.117. The first kappa shape index (κ1) is 16.3. The van der Waals surface area contributed by atoms with Crippen LogP contribution in [0.15, 0.2) is 18.2 Å². The van der Waals surface area contributed by atoms with E-state index in [1.807, 2.05) is 0 Å². The largest absolute Gasteiger partial charge is 0.481 e. The van der Waals surface area contributed by atoms with Crippen molar-refractivity contribution < 1.29 is 23.1 Å². The smallest absolute Gasteiger partial charge is 0.303 e. The van der Waals surface area contributed by atoms with Crippen molar-refractivity contribution in [2.45, 2.75) is 12.8 Å². The maximum Gasteiger partial charge on any atom is 0.303 e. The first-order valence-electron chi connectivity index (χ1n) is 5.46. The normalized spacial score (nSPS) is 10.9. The first-order valence-corrected chi connectivity index (χ1v) is 7.73. The molecule has 0 saturated heterocycles. The fraction of sp³-hybridized carbons (Fsp3) is 0.273. The number of anilines is 2. The summed E-state index contributed by atoms with van der Waals surface area (Å²) in [4.78, 5) is 21.7. The number of hydrogen-bond acceptors (Lipinski definition) is 4. The lowest BCUT2D eigenvalue weighted by Gasteiger charge is -2.09. The summed E-state index contributed by atoms with van der Waals surface area (Å²) in [5, 5.41) is 11.0. The van der Waals surface area contributed by atoms with Crippen LogP contribution in [0.4, 0.5) is 11.4 Å². The van der Waals surface area contributed by atoms with Gasteiger partial charge in [0.1, 0.15) is 0 Å². The summed E-state index contributed by atoms with van der Waals surface area (Å²) in [6, 6.07) is 4.22. The minimum atomic E-state index is -3.44. The molecule has 0 fully saturated rings. The van der Waals surface area contributed by atoms with Gasteiger partial charge in [-0.05, 0) is 18.2 Å². The van der Waals surface area contributed by atoms with Crippen molar-refractivity contribution in [3.63, 3.8) is 0 Å². The van der Waals surface area contributed by atoms with Gasteiger partial charge in [0.05, 0.1) is 23.4 Å². The SMILES string of the molecule is CS(=O)(=O)Nc1ccc(NC(=O)CCC(=O)O)cc1Cl. The van der Waals surface area contributed by atoms with Gasteiger partial charge in [0, 0.05) is 12.1 Å². The molecule has 0 radical (unpaired) electrons. The lowest BCUT2D eigenvalue weighted by molar-refractivity contribution is -0.138. The highest BCUT2D eigenvalue weighted by Gasteiger charge is 2.09. The number of aliphatic carboxylic acids is 1. The van der Waals surface area contributed by atoms with Gasteiger partial charge in [-0.3, -0.25) is 14.3 Å². The third-order valence-electron chi connectivity index (χ3n) is 2.11. The molecule has 110 valence electrons. The van der Waals surface area contributed by atoms with Crippen LogP contribution in [0.2, 0.25) is 5.02 Å². The number of hydrogen-bond donors (Lipinski definition) is 3. The summed E-state index contributed by atoms with van der Waals surface area (Å²) >= 11 is 5.87. The standard InChI is InChI=1S/C11H13ClN2O5S/c1-20(18,19)14-9-3-2-7(6-8(9)12)13-10(15)4-5-11(16)17/h2-3,6,14H,4-5H2,1H3,(H,13,15)(H,16,17). The molecule has 0 saturated carbocycles. The van der Waals surface area contributed by atoms with Crippen molar-refractivity contribution in [1.29, 1.82) is 0 Å². The Morgan fingerprint density at radius 3 is 2.45 bits per heavy atom. The van der Waals surface area contributed by atoms with Crippen LogP contribution in [0, 0.1) is 0 Å². The number of carbonyl (C=O) groups excluding carboxylic acids is 1. The van der Waals surface area contributed by atoms with Gasteiger partial charge in [0.15, 0.2) is 0 Å². The Hall–Kier alpha value is -1.80. The van der Waals surface area contributed by atoms with Crippen molar-refractivity contribution >= 4 is 44.9 Å². The van der Waals surface area contributed by atoms with E-state index in [9.17, 15) is 18.0 Å². The number of amides is 1. The topological polar surface area (TPSA) is 113 Å². The van der Waals surface area contributed by atoms with Gasteiger partial charge in [0.2, 0.25) is 15.9 Å². The van der Waals surface area contributed by atoms with E-state index in [4.69, 9.17) is 16.7 Å². The Morgan fingerprint density at radius 2 is 1.95 bits per heavy atom. The number of carbonyl (C=O) groups is 2. The predicted octanol–water partition coefficient (Wildman–Crippen LogP) is 1.51. The van der Waals surface area contributed by atoms with E-state index >= 15 is 0 Å². The van der Waals surface area contributed by atoms with Crippen LogP contribution in [0.3, 0.4) is 0 Å². The van der Waals surface area contributed by atoms with Gasteiger partial charge in [-0.1, -0.05) is 11.6 Å². The molecular formula is C11H13ClN2O5S. The summed E-state index contributed by atoms with van der Waals surface area (Å²) in [6.07, 6.45) is 0.564. The monoisotopic (exact) mass is 320 g/mol. The molecule has 3 N–H and O–H groups in total. The summed E-state index contributed by atoms with van der Waals surface area (Å²) in [5.41, 5.74) is 0.544. The third kappa shape index (κ3) is 5.89. The summed E-state index contributed by atoms with van der Waals surface area (Å²) in [7, 11) is -3.44. The Morgan fingerprint density at radius 1 is 1.30 bits per heavy atom. The second-order valence-electron chi connectivity index (χ2n) is 4.01. The highest BCUT2D eigenvalue weighted by atomic mass is 35.5. The number of carboxylic acid groups (broad SMARTS) is 1. The van der Waals surface area contributed by atoms with Crippen LogP contribution < -0.4 is 10.0 Å². The van der Waals surface area contributed by atoms with Gasteiger partial charge >= 0.3 is 5.97 Å². The molecule has 0 aliphatic rings. The Balaban J connectivity index is 2.72. The molecule has 9 heteroatoms. The molecule has 0 aliphatic carbocycles. The van der Waals surface area contributed by atoms with Crippen LogP contribution in [-0.4, -0.2) is 31.7 Å². The van der Waals surface area contributed by atoms with E-state index in [1.54, 1.807) is 0 Å². The van der Waals surface area contributed by atoms with Gasteiger partial charge in [0.25, 0.3) is 0 Å². The molecule has 1 aromatic carbocycles. The van der Waals surface area contributed by atoms with E-state index in [1.165, 1.54) is 18.2 Å². The fourth-order valence-corrected chi connectivity index (χ4v) is 2.18. The highest BCUT2D eigenvalue weighted by Crippen LogP contribution is 2.26. The molecule has 0 aromatic heterocycles. The zero-order valence-corrected chi connectivity index (χ0v) is 12.1.